The quantitative estimate of drug-likeness (QED) is 0.592. The Kier molecular flexibility index (Phi) is 6.53. The largest absolute Gasteiger partial charge is 0.444 e. The molecule has 0 atom stereocenters. The van der Waals surface area contributed by atoms with Crippen LogP contribution in [0.3, 0.4) is 0 Å². The maximum Gasteiger partial charge on any atom is 0.410 e. The number of piperidine rings is 1. The summed E-state index contributed by atoms with van der Waals surface area (Å²) in [6.07, 6.45) is 4.71. The number of aromatic nitrogens is 1. The van der Waals surface area contributed by atoms with Crippen molar-refractivity contribution < 1.29 is 18.3 Å². The number of alkyl halides is 2. The van der Waals surface area contributed by atoms with Crippen LogP contribution in [-0.4, -0.2) is 40.7 Å². The van der Waals surface area contributed by atoms with Crippen LogP contribution in [0.15, 0.2) is 42.7 Å². The highest BCUT2D eigenvalue weighted by atomic mass is 19.3. The minimum Gasteiger partial charge on any atom is -0.444 e. The number of pyridine rings is 1. The molecule has 0 spiro atoms. The molecule has 1 aromatic heterocycles. The van der Waals surface area contributed by atoms with E-state index in [1.165, 1.54) is 12.1 Å². The molecule has 1 amide bonds. The predicted molar refractivity (Wildman–Crippen MR) is 118 cm³/mol. The molecule has 168 valence electrons. The molecule has 1 fully saturated rings. The van der Waals surface area contributed by atoms with Gasteiger partial charge in [-0.3, -0.25) is 4.98 Å². The van der Waals surface area contributed by atoms with Gasteiger partial charge in [-0.2, -0.15) is 0 Å². The summed E-state index contributed by atoms with van der Waals surface area (Å²) in [6.45, 7) is 9.61. The maximum atomic E-state index is 13.7. The molecule has 31 heavy (non-hydrogen) atoms. The summed E-state index contributed by atoms with van der Waals surface area (Å²) >= 11 is 0. The van der Waals surface area contributed by atoms with Gasteiger partial charge in [0, 0.05) is 43.5 Å². The Balaban J connectivity index is 1.84. The first kappa shape index (κ1) is 23.0. The maximum absolute atomic E-state index is 13.7. The van der Waals surface area contributed by atoms with Gasteiger partial charge in [0.05, 0.1) is 11.9 Å². The van der Waals surface area contributed by atoms with E-state index in [-0.39, 0.29) is 17.7 Å². The van der Waals surface area contributed by atoms with Gasteiger partial charge in [-0.1, -0.05) is 12.1 Å². The molecule has 0 aliphatic carbocycles. The lowest BCUT2D eigenvalue weighted by atomic mass is 10.00. The Morgan fingerprint density at radius 1 is 1.10 bits per heavy atom. The first-order valence-electron chi connectivity index (χ1n) is 10.6. The van der Waals surface area contributed by atoms with Crippen LogP contribution in [0.2, 0.25) is 0 Å². The fourth-order valence-electron chi connectivity index (χ4n) is 3.80. The van der Waals surface area contributed by atoms with Crippen molar-refractivity contribution in [3.05, 3.63) is 53.9 Å². The summed E-state index contributed by atoms with van der Waals surface area (Å²) in [7, 11) is 0. The summed E-state index contributed by atoms with van der Waals surface area (Å²) in [6, 6.07) is 8.47. The van der Waals surface area contributed by atoms with E-state index in [9.17, 15) is 13.6 Å². The highest BCUT2D eigenvalue weighted by molar-refractivity contribution is 5.69. The van der Waals surface area contributed by atoms with E-state index in [1.54, 1.807) is 29.4 Å². The van der Waals surface area contributed by atoms with Gasteiger partial charge < -0.3 is 14.5 Å². The van der Waals surface area contributed by atoms with Gasteiger partial charge in [-0.05, 0) is 64.3 Å². The number of amides is 1. The minimum absolute atomic E-state index is 0.0150. The number of halogens is 2. The lowest BCUT2D eigenvalue weighted by Gasteiger charge is -2.40. The smallest absolute Gasteiger partial charge is 0.410 e. The van der Waals surface area contributed by atoms with Gasteiger partial charge in [-0.25, -0.2) is 13.6 Å². The zero-order valence-corrected chi connectivity index (χ0v) is 18.9. The van der Waals surface area contributed by atoms with Gasteiger partial charge in [0.1, 0.15) is 5.60 Å². The van der Waals surface area contributed by atoms with E-state index >= 15 is 0 Å². The number of anilines is 2. The third kappa shape index (κ3) is 5.71. The van der Waals surface area contributed by atoms with Gasteiger partial charge >= 0.3 is 6.09 Å². The predicted octanol–water partition coefficient (Wildman–Crippen LogP) is 6.04. The van der Waals surface area contributed by atoms with Crippen molar-refractivity contribution in [2.75, 3.05) is 18.0 Å². The topological polar surface area (TPSA) is 45.7 Å². The van der Waals surface area contributed by atoms with Gasteiger partial charge in [0.15, 0.2) is 0 Å². The van der Waals surface area contributed by atoms with Crippen LogP contribution in [-0.2, 0) is 10.7 Å². The molecule has 7 heteroatoms. The van der Waals surface area contributed by atoms with Crippen molar-refractivity contribution in [3.63, 3.8) is 0 Å². The number of rotatable bonds is 4. The molecular formula is C24H31F2N3O2. The fourth-order valence-corrected chi connectivity index (χ4v) is 3.80. The van der Waals surface area contributed by atoms with Crippen LogP contribution in [0.5, 0.6) is 0 Å². The first-order valence-corrected chi connectivity index (χ1v) is 10.6. The van der Waals surface area contributed by atoms with E-state index in [0.29, 0.717) is 13.1 Å². The van der Waals surface area contributed by atoms with E-state index in [2.05, 4.69) is 9.88 Å². The van der Waals surface area contributed by atoms with E-state index < -0.39 is 11.5 Å². The monoisotopic (exact) mass is 431 g/mol. The van der Waals surface area contributed by atoms with Crippen molar-refractivity contribution in [2.24, 2.45) is 0 Å². The number of carbonyl (C=O) groups is 1. The Morgan fingerprint density at radius 2 is 1.71 bits per heavy atom. The first-order chi connectivity index (χ1) is 14.5. The summed E-state index contributed by atoms with van der Waals surface area (Å²) in [5.41, 5.74) is 2.28. The number of benzene rings is 1. The Bertz CT molecular complexity index is 896. The number of likely N-dealkylation sites (tertiary alicyclic amines) is 1. The number of aryl methyl sites for hydroxylation is 1. The Morgan fingerprint density at radius 3 is 2.23 bits per heavy atom. The molecule has 2 aromatic rings. The average molecular weight is 432 g/mol. The molecule has 1 aromatic carbocycles. The molecule has 1 aliphatic rings. The summed E-state index contributed by atoms with van der Waals surface area (Å²) in [4.78, 5) is 20.6. The van der Waals surface area contributed by atoms with E-state index in [1.807, 2.05) is 33.8 Å². The lowest BCUT2D eigenvalue weighted by molar-refractivity contribution is 0.0173. The van der Waals surface area contributed by atoms with E-state index in [0.717, 1.165) is 36.7 Å². The normalized spacial score (nSPS) is 15.6. The minimum atomic E-state index is -2.88. The molecule has 5 nitrogen and oxygen atoms in total. The van der Waals surface area contributed by atoms with Crippen molar-refractivity contribution >= 4 is 17.5 Å². The average Bonchev–Trinajstić information content (AvgIpc) is 2.68. The molecule has 0 N–H and O–H groups in total. The van der Waals surface area contributed by atoms with Crippen LogP contribution in [0, 0.1) is 6.92 Å². The third-order valence-electron chi connectivity index (χ3n) is 5.40. The van der Waals surface area contributed by atoms with E-state index in [4.69, 9.17) is 4.74 Å². The van der Waals surface area contributed by atoms with Crippen molar-refractivity contribution in [1.29, 1.82) is 0 Å². The standard InChI is InChI=1S/C24H31F2N3O2/c1-17-10-13-27-16-21(17)29(19-8-6-18(7-9-19)24(5,25)26)20-11-14-28(15-12-20)22(30)31-23(2,3)4/h6-10,13,16,20H,11-12,14-15H2,1-5H3. The number of carbonyl (C=O) groups excluding carboxylic acids is 1. The molecular weight excluding hydrogens is 400 g/mol. The van der Waals surface area contributed by atoms with Crippen LogP contribution in [0.25, 0.3) is 0 Å². The SMILES string of the molecule is Cc1ccncc1N(c1ccc(C(C)(F)F)cc1)C1CCN(C(=O)OC(C)(C)C)CC1. The third-order valence-corrected chi connectivity index (χ3v) is 5.40. The molecule has 1 aliphatic heterocycles. The second-order valence-electron chi connectivity index (χ2n) is 9.17. The molecule has 2 heterocycles. The number of ether oxygens (including phenoxy) is 1. The number of nitrogens with zero attached hydrogens (tertiary/aromatic N) is 3. The molecule has 3 rings (SSSR count). The summed E-state index contributed by atoms with van der Waals surface area (Å²) in [5.74, 6) is -2.88. The highest BCUT2D eigenvalue weighted by Gasteiger charge is 2.31. The molecule has 1 saturated heterocycles. The second kappa shape index (κ2) is 8.81. The summed E-state index contributed by atoms with van der Waals surface area (Å²) in [5, 5.41) is 0. The second-order valence-corrected chi connectivity index (χ2v) is 9.17. The Labute approximate surface area is 183 Å². The molecule has 0 radical (unpaired) electrons. The molecule has 0 unspecified atom stereocenters. The van der Waals surface area contributed by atoms with Crippen molar-refractivity contribution in [2.45, 2.75) is 65.0 Å². The van der Waals surface area contributed by atoms with Crippen LogP contribution < -0.4 is 4.90 Å². The summed E-state index contributed by atoms with van der Waals surface area (Å²) < 4.78 is 32.9. The van der Waals surface area contributed by atoms with Gasteiger partial charge in [-0.15, -0.1) is 0 Å². The Hall–Kier alpha value is -2.70. The zero-order chi connectivity index (χ0) is 22.8. The zero-order valence-electron chi connectivity index (χ0n) is 18.9. The lowest BCUT2D eigenvalue weighted by Crippen LogP contribution is -2.47. The van der Waals surface area contributed by atoms with Crippen LogP contribution >= 0.6 is 0 Å². The number of hydrogen-bond acceptors (Lipinski definition) is 4. The van der Waals surface area contributed by atoms with Gasteiger partial charge in [0.2, 0.25) is 0 Å². The molecule has 0 saturated carbocycles. The van der Waals surface area contributed by atoms with Crippen LogP contribution in [0.1, 0.15) is 51.7 Å². The highest BCUT2D eigenvalue weighted by Crippen LogP contribution is 2.36. The fraction of sp³-hybridized carbons (Fsp3) is 0.500. The van der Waals surface area contributed by atoms with Crippen LogP contribution in [0.4, 0.5) is 25.0 Å². The van der Waals surface area contributed by atoms with Crippen molar-refractivity contribution in [3.8, 4) is 0 Å². The number of hydrogen-bond donors (Lipinski definition) is 0. The van der Waals surface area contributed by atoms with Gasteiger partial charge in [0.25, 0.3) is 5.92 Å². The van der Waals surface area contributed by atoms with Crippen molar-refractivity contribution in [1.82, 2.24) is 9.88 Å². The molecule has 0 bridgehead atoms.